The molecule has 2 unspecified atom stereocenters. The van der Waals surface area contributed by atoms with Gasteiger partial charge in [-0.2, -0.15) is 0 Å². The molecule has 2 amide bonds. The Morgan fingerprint density at radius 1 is 0.792 bits per heavy atom. The van der Waals surface area contributed by atoms with Crippen LogP contribution in [0.15, 0.2) is 0 Å². The Bertz CT molecular complexity index is 422. The van der Waals surface area contributed by atoms with Crippen LogP contribution in [0.5, 0.6) is 0 Å². The van der Waals surface area contributed by atoms with Crippen LogP contribution in [0.1, 0.15) is 84.0 Å². The number of hydrogen-bond donors (Lipinski definition) is 0. The third-order valence-electron chi connectivity index (χ3n) is 6.11. The SMILES string of the molecule is CCCCCCCCCCCCN1C(=O)C2C(C1=O)[C@H]1CC[C@H]2O1. The van der Waals surface area contributed by atoms with E-state index in [-0.39, 0.29) is 35.9 Å². The Hall–Kier alpha value is -0.900. The lowest BCUT2D eigenvalue weighted by atomic mass is 9.81. The van der Waals surface area contributed by atoms with Crippen molar-refractivity contribution in [3.63, 3.8) is 0 Å². The van der Waals surface area contributed by atoms with Crippen molar-refractivity contribution in [1.29, 1.82) is 0 Å². The van der Waals surface area contributed by atoms with Crippen LogP contribution < -0.4 is 0 Å². The van der Waals surface area contributed by atoms with Crippen LogP contribution in [0, 0.1) is 11.8 Å². The third kappa shape index (κ3) is 3.68. The second kappa shape index (κ2) is 8.46. The summed E-state index contributed by atoms with van der Waals surface area (Å²) in [5.74, 6) is -0.208. The fourth-order valence-corrected chi connectivity index (χ4v) is 4.75. The molecule has 3 aliphatic rings. The van der Waals surface area contributed by atoms with Crippen molar-refractivity contribution in [2.45, 2.75) is 96.2 Å². The van der Waals surface area contributed by atoms with Crippen molar-refractivity contribution in [3.05, 3.63) is 0 Å². The molecule has 4 atom stereocenters. The first-order valence-corrected chi connectivity index (χ1v) is 10.2. The van der Waals surface area contributed by atoms with Gasteiger partial charge in [0.15, 0.2) is 0 Å². The van der Waals surface area contributed by atoms with Gasteiger partial charge in [0, 0.05) is 6.54 Å². The van der Waals surface area contributed by atoms with E-state index in [9.17, 15) is 9.59 Å². The molecule has 4 nitrogen and oxygen atoms in total. The average molecular weight is 335 g/mol. The smallest absolute Gasteiger partial charge is 0.235 e. The van der Waals surface area contributed by atoms with Crippen molar-refractivity contribution in [3.8, 4) is 0 Å². The number of hydrogen-bond acceptors (Lipinski definition) is 3. The maximum Gasteiger partial charge on any atom is 0.235 e. The molecule has 24 heavy (non-hydrogen) atoms. The van der Waals surface area contributed by atoms with E-state index >= 15 is 0 Å². The van der Waals surface area contributed by atoms with Gasteiger partial charge < -0.3 is 4.74 Å². The lowest BCUT2D eigenvalue weighted by molar-refractivity contribution is -0.142. The molecule has 3 heterocycles. The number of fused-ring (bicyclic) bond motifs is 5. The highest BCUT2D eigenvalue weighted by Crippen LogP contribution is 2.48. The Morgan fingerprint density at radius 3 is 1.75 bits per heavy atom. The van der Waals surface area contributed by atoms with Crippen LogP contribution in [0.2, 0.25) is 0 Å². The molecule has 3 saturated heterocycles. The summed E-state index contributed by atoms with van der Waals surface area (Å²) in [4.78, 5) is 26.6. The number of unbranched alkanes of at least 4 members (excludes halogenated alkanes) is 9. The van der Waals surface area contributed by atoms with Gasteiger partial charge in [0.1, 0.15) is 0 Å². The summed E-state index contributed by atoms with van der Waals surface area (Å²) in [6.07, 6.45) is 14.7. The van der Waals surface area contributed by atoms with E-state index in [1.165, 1.54) is 51.4 Å². The average Bonchev–Trinajstić information content (AvgIpc) is 3.25. The summed E-state index contributed by atoms with van der Waals surface area (Å²) < 4.78 is 5.77. The van der Waals surface area contributed by atoms with Crippen molar-refractivity contribution >= 4 is 11.8 Å². The van der Waals surface area contributed by atoms with Crippen molar-refractivity contribution in [2.24, 2.45) is 11.8 Å². The monoisotopic (exact) mass is 335 g/mol. The number of carbonyl (C=O) groups is 2. The summed E-state index contributed by atoms with van der Waals surface area (Å²) in [6, 6.07) is 0. The molecular formula is C20H33NO3. The minimum atomic E-state index is -0.153. The van der Waals surface area contributed by atoms with Crippen LogP contribution >= 0.6 is 0 Å². The van der Waals surface area contributed by atoms with Gasteiger partial charge in [-0.05, 0) is 19.3 Å². The van der Waals surface area contributed by atoms with Crippen molar-refractivity contribution in [1.82, 2.24) is 4.90 Å². The van der Waals surface area contributed by atoms with E-state index in [0.29, 0.717) is 6.54 Å². The summed E-state index contributed by atoms with van der Waals surface area (Å²) in [5.41, 5.74) is 0. The molecule has 4 heteroatoms. The number of amides is 2. The van der Waals surface area contributed by atoms with Gasteiger partial charge >= 0.3 is 0 Å². The van der Waals surface area contributed by atoms with Crippen molar-refractivity contribution in [2.75, 3.05) is 6.54 Å². The number of nitrogens with zero attached hydrogens (tertiary/aromatic N) is 1. The summed E-state index contributed by atoms with van der Waals surface area (Å²) in [5, 5.41) is 0. The molecule has 0 N–H and O–H groups in total. The third-order valence-corrected chi connectivity index (χ3v) is 6.11. The second-order valence-corrected chi connectivity index (χ2v) is 7.85. The molecule has 0 aromatic rings. The molecule has 0 aliphatic carbocycles. The largest absolute Gasteiger partial charge is 0.373 e. The van der Waals surface area contributed by atoms with Gasteiger partial charge in [0.25, 0.3) is 0 Å². The van der Waals surface area contributed by atoms with E-state index in [4.69, 9.17) is 4.74 Å². The predicted octanol–water partition coefficient (Wildman–Crippen LogP) is 4.07. The van der Waals surface area contributed by atoms with Crippen LogP contribution in [0.25, 0.3) is 0 Å². The first kappa shape index (κ1) is 17.9. The van der Waals surface area contributed by atoms with E-state index in [1.807, 2.05) is 0 Å². The van der Waals surface area contributed by atoms with Gasteiger partial charge in [-0.3, -0.25) is 14.5 Å². The molecule has 0 aromatic carbocycles. The van der Waals surface area contributed by atoms with E-state index in [0.717, 1.165) is 25.7 Å². The number of ether oxygens (including phenoxy) is 1. The minimum absolute atomic E-state index is 0.0224. The van der Waals surface area contributed by atoms with E-state index in [2.05, 4.69) is 6.92 Å². The number of imide groups is 1. The highest BCUT2D eigenvalue weighted by atomic mass is 16.5. The quantitative estimate of drug-likeness (QED) is 0.422. The molecule has 0 aromatic heterocycles. The summed E-state index contributed by atoms with van der Waals surface area (Å²) in [6.45, 7) is 2.88. The molecule has 2 bridgehead atoms. The van der Waals surface area contributed by atoms with Crippen LogP contribution in [0.3, 0.4) is 0 Å². The zero-order valence-corrected chi connectivity index (χ0v) is 15.2. The number of rotatable bonds is 11. The van der Waals surface area contributed by atoms with Crippen LogP contribution in [-0.4, -0.2) is 35.5 Å². The maximum atomic E-state index is 12.5. The second-order valence-electron chi connectivity index (χ2n) is 7.85. The Morgan fingerprint density at radius 2 is 1.25 bits per heavy atom. The fraction of sp³-hybridized carbons (Fsp3) is 0.900. The highest BCUT2D eigenvalue weighted by Gasteiger charge is 2.62. The Balaban J connectivity index is 1.28. The number of likely N-dealkylation sites (tertiary alicyclic amines) is 1. The molecule has 3 fully saturated rings. The normalized spacial score (nSPS) is 31.3. The maximum absolute atomic E-state index is 12.5. The van der Waals surface area contributed by atoms with Gasteiger partial charge in [-0.1, -0.05) is 64.7 Å². The predicted molar refractivity (Wildman–Crippen MR) is 93.4 cm³/mol. The van der Waals surface area contributed by atoms with Gasteiger partial charge in [-0.15, -0.1) is 0 Å². The van der Waals surface area contributed by atoms with E-state index in [1.54, 1.807) is 4.90 Å². The first-order chi connectivity index (χ1) is 11.7. The standard InChI is InChI=1S/C20H33NO3/c1-2-3-4-5-6-7-8-9-10-11-14-21-19(22)17-15-12-13-16(24-15)18(17)20(21)23/h15-18H,2-14H2,1H3/t15-,16-,17?,18?/m1/s1. The van der Waals surface area contributed by atoms with E-state index < -0.39 is 0 Å². The first-order valence-electron chi connectivity index (χ1n) is 10.2. The topological polar surface area (TPSA) is 46.6 Å². The summed E-state index contributed by atoms with van der Waals surface area (Å²) >= 11 is 0. The molecule has 0 radical (unpaired) electrons. The fourth-order valence-electron chi connectivity index (χ4n) is 4.75. The van der Waals surface area contributed by atoms with Gasteiger partial charge in [0.2, 0.25) is 11.8 Å². The number of carbonyl (C=O) groups excluding carboxylic acids is 2. The lowest BCUT2D eigenvalue weighted by Gasteiger charge is -2.17. The molecular weight excluding hydrogens is 302 g/mol. The molecule has 136 valence electrons. The van der Waals surface area contributed by atoms with Gasteiger partial charge in [0.05, 0.1) is 24.0 Å². The zero-order valence-electron chi connectivity index (χ0n) is 15.2. The van der Waals surface area contributed by atoms with Gasteiger partial charge in [-0.25, -0.2) is 0 Å². The molecule has 3 aliphatic heterocycles. The van der Waals surface area contributed by atoms with Crippen molar-refractivity contribution < 1.29 is 14.3 Å². The summed E-state index contributed by atoms with van der Waals surface area (Å²) in [7, 11) is 0. The lowest BCUT2D eigenvalue weighted by Crippen LogP contribution is -2.35. The molecule has 0 spiro atoms. The highest BCUT2D eigenvalue weighted by molar-refractivity contribution is 6.06. The molecule has 3 rings (SSSR count). The van der Waals surface area contributed by atoms with Crippen LogP contribution in [0.4, 0.5) is 0 Å². The zero-order chi connectivity index (χ0) is 16.9. The minimum Gasteiger partial charge on any atom is -0.373 e. The van der Waals surface area contributed by atoms with Crippen LogP contribution in [-0.2, 0) is 14.3 Å². The molecule has 0 saturated carbocycles. The Labute approximate surface area is 146 Å². The Kier molecular flexibility index (Phi) is 6.31.